The van der Waals surface area contributed by atoms with E-state index in [0.717, 1.165) is 24.8 Å². The lowest BCUT2D eigenvalue weighted by Gasteiger charge is -2.29. The molecule has 1 aliphatic rings. The second-order valence-corrected chi connectivity index (χ2v) is 9.85. The van der Waals surface area contributed by atoms with Gasteiger partial charge in [0.15, 0.2) is 0 Å². The van der Waals surface area contributed by atoms with Crippen LogP contribution in [0, 0.1) is 18.3 Å². The number of nitriles is 1. The van der Waals surface area contributed by atoms with Crippen molar-refractivity contribution in [2.24, 2.45) is 0 Å². The van der Waals surface area contributed by atoms with Crippen LogP contribution >= 0.6 is 0 Å². The Bertz CT molecular complexity index is 1080. The van der Waals surface area contributed by atoms with Crippen molar-refractivity contribution in [2.45, 2.75) is 51.0 Å². The van der Waals surface area contributed by atoms with Gasteiger partial charge in [-0.25, -0.2) is 8.42 Å². The standard InChI is InChI=1S/C24H29N3O3S/c1-4-27(19(3)21-12-9-20(17-25)10-13-21)24(28)22-11-8-18(2)23(16-22)31(29,30)26-14-6-5-7-15-26/h8-13,16,19H,4-7,14-15H2,1-3H3/t19-/m1/s1. The molecule has 0 spiro atoms. The predicted molar refractivity (Wildman–Crippen MR) is 120 cm³/mol. The van der Waals surface area contributed by atoms with Gasteiger partial charge in [0.25, 0.3) is 5.91 Å². The Morgan fingerprint density at radius 2 is 1.77 bits per heavy atom. The molecule has 2 aromatic rings. The topological polar surface area (TPSA) is 81.5 Å². The SMILES string of the molecule is CCN(C(=O)c1ccc(C)c(S(=O)(=O)N2CCCCC2)c1)[C@H](C)c1ccc(C#N)cc1. The number of nitrogens with zero attached hydrogens (tertiary/aromatic N) is 3. The van der Waals surface area contributed by atoms with Crippen LogP contribution in [0.4, 0.5) is 0 Å². The molecule has 0 unspecified atom stereocenters. The number of aryl methyl sites for hydroxylation is 1. The minimum absolute atomic E-state index is 0.210. The molecule has 0 bridgehead atoms. The van der Waals surface area contributed by atoms with Crippen LogP contribution in [0.3, 0.4) is 0 Å². The van der Waals surface area contributed by atoms with Crippen LogP contribution in [-0.4, -0.2) is 43.2 Å². The Morgan fingerprint density at radius 3 is 2.35 bits per heavy atom. The Labute approximate surface area is 185 Å². The summed E-state index contributed by atoms with van der Waals surface area (Å²) in [5.74, 6) is -0.213. The molecular formula is C24H29N3O3S. The average Bonchev–Trinajstić information content (AvgIpc) is 2.80. The summed E-state index contributed by atoms with van der Waals surface area (Å²) in [4.78, 5) is 15.3. The zero-order chi connectivity index (χ0) is 22.6. The number of sulfonamides is 1. The zero-order valence-corrected chi connectivity index (χ0v) is 19.2. The second kappa shape index (κ2) is 9.63. The Morgan fingerprint density at radius 1 is 1.13 bits per heavy atom. The summed E-state index contributed by atoms with van der Waals surface area (Å²) in [5, 5.41) is 9.00. The van der Waals surface area contributed by atoms with E-state index in [4.69, 9.17) is 5.26 Å². The van der Waals surface area contributed by atoms with Crippen LogP contribution < -0.4 is 0 Å². The summed E-state index contributed by atoms with van der Waals surface area (Å²) in [5.41, 5.74) is 2.49. The van der Waals surface area contributed by atoms with Crippen molar-refractivity contribution in [3.63, 3.8) is 0 Å². The van der Waals surface area contributed by atoms with Crippen molar-refractivity contribution >= 4 is 15.9 Å². The summed E-state index contributed by atoms with van der Waals surface area (Å²) >= 11 is 0. The lowest BCUT2D eigenvalue weighted by molar-refractivity contribution is 0.0702. The second-order valence-electron chi connectivity index (χ2n) is 7.95. The first-order valence-corrected chi connectivity index (χ1v) is 12.2. The van der Waals surface area contributed by atoms with E-state index in [0.29, 0.717) is 36.3 Å². The molecule has 1 aliphatic heterocycles. The molecule has 7 heteroatoms. The van der Waals surface area contributed by atoms with E-state index in [-0.39, 0.29) is 16.8 Å². The van der Waals surface area contributed by atoms with Gasteiger partial charge >= 0.3 is 0 Å². The molecule has 164 valence electrons. The van der Waals surface area contributed by atoms with Gasteiger partial charge in [0.1, 0.15) is 0 Å². The first kappa shape index (κ1) is 23.0. The van der Waals surface area contributed by atoms with Crippen LogP contribution in [-0.2, 0) is 10.0 Å². The molecule has 1 atom stereocenters. The maximum atomic E-state index is 13.3. The molecule has 6 nitrogen and oxygen atoms in total. The lowest BCUT2D eigenvalue weighted by atomic mass is 10.0. The van der Waals surface area contributed by atoms with Crippen LogP contribution in [0.5, 0.6) is 0 Å². The number of amides is 1. The molecule has 0 radical (unpaired) electrons. The third-order valence-electron chi connectivity index (χ3n) is 5.96. The van der Waals surface area contributed by atoms with Gasteiger partial charge in [-0.3, -0.25) is 4.79 Å². The molecule has 1 amide bonds. The minimum Gasteiger partial charge on any atom is -0.332 e. The van der Waals surface area contributed by atoms with E-state index in [1.54, 1.807) is 36.1 Å². The highest BCUT2D eigenvalue weighted by Crippen LogP contribution is 2.27. The highest BCUT2D eigenvalue weighted by Gasteiger charge is 2.29. The van der Waals surface area contributed by atoms with Crippen molar-refractivity contribution in [2.75, 3.05) is 19.6 Å². The Kier molecular flexibility index (Phi) is 7.14. The van der Waals surface area contributed by atoms with Gasteiger partial charge in [0.2, 0.25) is 10.0 Å². The molecule has 0 aromatic heterocycles. The number of hydrogen-bond donors (Lipinski definition) is 0. The molecule has 3 rings (SSSR count). The van der Waals surface area contributed by atoms with Crippen LogP contribution in [0.15, 0.2) is 47.4 Å². The molecule has 0 N–H and O–H groups in total. The zero-order valence-electron chi connectivity index (χ0n) is 18.3. The van der Waals surface area contributed by atoms with E-state index in [1.807, 2.05) is 26.0 Å². The summed E-state index contributed by atoms with van der Waals surface area (Å²) in [6.07, 6.45) is 2.77. The maximum absolute atomic E-state index is 13.3. The quantitative estimate of drug-likeness (QED) is 0.673. The van der Waals surface area contributed by atoms with Gasteiger partial charge in [-0.15, -0.1) is 0 Å². The van der Waals surface area contributed by atoms with E-state index >= 15 is 0 Å². The lowest BCUT2D eigenvalue weighted by Crippen LogP contribution is -2.36. The molecule has 31 heavy (non-hydrogen) atoms. The molecule has 2 aromatic carbocycles. The number of carbonyl (C=O) groups excluding carboxylic acids is 1. The fourth-order valence-corrected chi connectivity index (χ4v) is 5.80. The fraction of sp³-hybridized carbons (Fsp3) is 0.417. The summed E-state index contributed by atoms with van der Waals surface area (Å²) in [6.45, 7) is 7.12. The number of carbonyl (C=O) groups is 1. The van der Waals surface area contributed by atoms with Gasteiger partial charge in [-0.2, -0.15) is 9.57 Å². The molecule has 1 heterocycles. The number of piperidine rings is 1. The van der Waals surface area contributed by atoms with Crippen LogP contribution in [0.1, 0.15) is 66.2 Å². The largest absolute Gasteiger partial charge is 0.332 e. The first-order chi connectivity index (χ1) is 14.8. The Balaban J connectivity index is 1.91. The van der Waals surface area contributed by atoms with Crippen molar-refractivity contribution in [1.82, 2.24) is 9.21 Å². The molecular weight excluding hydrogens is 410 g/mol. The molecule has 1 saturated heterocycles. The predicted octanol–water partition coefficient (Wildman–Crippen LogP) is 4.26. The smallest absolute Gasteiger partial charge is 0.254 e. The highest BCUT2D eigenvalue weighted by molar-refractivity contribution is 7.89. The summed E-state index contributed by atoms with van der Waals surface area (Å²) in [7, 11) is -3.63. The van der Waals surface area contributed by atoms with Gasteiger partial charge in [-0.1, -0.05) is 24.6 Å². The molecule has 1 fully saturated rings. The van der Waals surface area contributed by atoms with Crippen LogP contribution in [0.2, 0.25) is 0 Å². The minimum atomic E-state index is -3.63. The van der Waals surface area contributed by atoms with Crippen molar-refractivity contribution in [3.05, 3.63) is 64.7 Å². The Hall–Kier alpha value is -2.69. The van der Waals surface area contributed by atoms with E-state index < -0.39 is 10.0 Å². The monoisotopic (exact) mass is 439 g/mol. The van der Waals surface area contributed by atoms with Gasteiger partial charge in [0.05, 0.1) is 22.6 Å². The fourth-order valence-electron chi connectivity index (χ4n) is 4.03. The van der Waals surface area contributed by atoms with Crippen molar-refractivity contribution in [3.8, 4) is 6.07 Å². The third kappa shape index (κ3) is 4.81. The maximum Gasteiger partial charge on any atom is 0.254 e. The van der Waals surface area contributed by atoms with Gasteiger partial charge in [0, 0.05) is 25.2 Å². The van der Waals surface area contributed by atoms with Gasteiger partial charge < -0.3 is 4.90 Å². The normalized spacial score (nSPS) is 15.8. The number of rotatable bonds is 6. The van der Waals surface area contributed by atoms with Crippen molar-refractivity contribution < 1.29 is 13.2 Å². The summed E-state index contributed by atoms with van der Waals surface area (Å²) in [6, 6.07) is 14.0. The van der Waals surface area contributed by atoms with E-state index in [2.05, 4.69) is 6.07 Å². The van der Waals surface area contributed by atoms with Crippen LogP contribution in [0.25, 0.3) is 0 Å². The first-order valence-electron chi connectivity index (χ1n) is 10.7. The van der Waals surface area contributed by atoms with Gasteiger partial charge in [-0.05, 0) is 69.0 Å². The molecule has 0 aliphatic carbocycles. The average molecular weight is 440 g/mol. The summed E-state index contributed by atoms with van der Waals surface area (Å²) < 4.78 is 28.0. The highest BCUT2D eigenvalue weighted by atomic mass is 32.2. The van der Waals surface area contributed by atoms with E-state index in [1.165, 1.54) is 10.4 Å². The third-order valence-corrected chi connectivity index (χ3v) is 8.00. The van der Waals surface area contributed by atoms with Crippen molar-refractivity contribution in [1.29, 1.82) is 5.26 Å². The van der Waals surface area contributed by atoms with E-state index in [9.17, 15) is 13.2 Å². The number of hydrogen-bond acceptors (Lipinski definition) is 4. The number of benzene rings is 2. The molecule has 0 saturated carbocycles.